The molecule has 2 aromatic rings. The van der Waals surface area contributed by atoms with Gasteiger partial charge in [0.15, 0.2) is 11.4 Å². The molecule has 0 atom stereocenters. The van der Waals surface area contributed by atoms with Gasteiger partial charge in [0, 0.05) is 18.5 Å². The molecule has 17 heavy (non-hydrogen) atoms. The standard InChI is InChI=1S/C11H9ClN2O3/c1-7-10(4-8(5-12)16-7)17-11(15)9-6-13-2-3-14-9/h2-4,6H,5H2,1H3. The summed E-state index contributed by atoms with van der Waals surface area (Å²) >= 11 is 5.61. The summed E-state index contributed by atoms with van der Waals surface area (Å²) in [6, 6.07) is 1.58. The quantitative estimate of drug-likeness (QED) is 0.620. The lowest BCUT2D eigenvalue weighted by atomic mass is 10.4. The molecule has 0 aliphatic rings. The molecule has 0 unspecified atom stereocenters. The van der Waals surface area contributed by atoms with Gasteiger partial charge in [-0.3, -0.25) is 4.98 Å². The Balaban J connectivity index is 2.16. The van der Waals surface area contributed by atoms with E-state index in [-0.39, 0.29) is 11.6 Å². The Kier molecular flexibility index (Phi) is 3.39. The van der Waals surface area contributed by atoms with Crippen molar-refractivity contribution in [1.29, 1.82) is 0 Å². The zero-order chi connectivity index (χ0) is 12.3. The minimum atomic E-state index is -0.580. The average Bonchev–Trinajstić information content (AvgIpc) is 2.71. The SMILES string of the molecule is Cc1oc(CCl)cc1OC(=O)c1cnccn1. The molecule has 0 saturated carbocycles. The Morgan fingerprint density at radius 3 is 2.94 bits per heavy atom. The summed E-state index contributed by atoms with van der Waals surface area (Å²) in [6.07, 6.45) is 4.23. The van der Waals surface area contributed by atoms with Gasteiger partial charge in [-0.2, -0.15) is 0 Å². The number of esters is 1. The molecule has 0 saturated heterocycles. The van der Waals surface area contributed by atoms with Crippen LogP contribution in [-0.2, 0) is 5.88 Å². The molecule has 5 nitrogen and oxygen atoms in total. The third-order valence-corrected chi connectivity index (χ3v) is 2.29. The molecule has 0 amide bonds. The third-order valence-electron chi connectivity index (χ3n) is 2.03. The van der Waals surface area contributed by atoms with Gasteiger partial charge in [-0.1, -0.05) is 0 Å². The monoisotopic (exact) mass is 252 g/mol. The molecule has 88 valence electrons. The van der Waals surface area contributed by atoms with Crippen LogP contribution in [0.5, 0.6) is 5.75 Å². The first-order valence-electron chi connectivity index (χ1n) is 4.84. The van der Waals surface area contributed by atoms with Crippen LogP contribution < -0.4 is 4.74 Å². The van der Waals surface area contributed by atoms with E-state index in [0.717, 1.165) is 0 Å². The first-order chi connectivity index (χ1) is 8.20. The minimum absolute atomic E-state index is 0.139. The van der Waals surface area contributed by atoms with E-state index >= 15 is 0 Å². The van der Waals surface area contributed by atoms with Crippen LogP contribution in [0.15, 0.2) is 29.1 Å². The summed E-state index contributed by atoms with van der Waals surface area (Å²) in [5.41, 5.74) is 0.139. The van der Waals surface area contributed by atoms with Crippen molar-refractivity contribution < 1.29 is 13.9 Å². The Bertz CT molecular complexity index is 525. The van der Waals surface area contributed by atoms with Gasteiger partial charge < -0.3 is 9.15 Å². The van der Waals surface area contributed by atoms with Crippen LogP contribution in [0, 0.1) is 6.92 Å². The van der Waals surface area contributed by atoms with E-state index < -0.39 is 5.97 Å². The molecule has 0 aliphatic heterocycles. The predicted molar refractivity (Wildman–Crippen MR) is 60.0 cm³/mol. The Labute approximate surface area is 102 Å². The van der Waals surface area contributed by atoms with E-state index in [9.17, 15) is 4.79 Å². The average molecular weight is 253 g/mol. The van der Waals surface area contributed by atoms with Gasteiger partial charge in [0.05, 0.1) is 12.1 Å². The molecular formula is C11H9ClN2O3. The van der Waals surface area contributed by atoms with Gasteiger partial charge in [-0.15, -0.1) is 11.6 Å². The van der Waals surface area contributed by atoms with Gasteiger partial charge in [0.2, 0.25) is 0 Å². The normalized spacial score (nSPS) is 10.2. The fraction of sp³-hybridized carbons (Fsp3) is 0.182. The zero-order valence-corrected chi connectivity index (χ0v) is 9.77. The maximum absolute atomic E-state index is 11.7. The number of aryl methyl sites for hydroxylation is 1. The topological polar surface area (TPSA) is 65.2 Å². The van der Waals surface area contributed by atoms with Crippen molar-refractivity contribution in [3.63, 3.8) is 0 Å². The maximum Gasteiger partial charge on any atom is 0.364 e. The molecule has 0 fully saturated rings. The molecule has 0 aromatic carbocycles. The number of ether oxygens (including phenoxy) is 1. The zero-order valence-electron chi connectivity index (χ0n) is 9.01. The molecule has 2 aromatic heterocycles. The number of nitrogens with zero attached hydrogens (tertiary/aromatic N) is 2. The second-order valence-electron chi connectivity index (χ2n) is 3.25. The lowest BCUT2D eigenvalue weighted by molar-refractivity contribution is 0.0725. The number of halogens is 1. The fourth-order valence-electron chi connectivity index (χ4n) is 1.25. The molecule has 0 spiro atoms. The minimum Gasteiger partial charge on any atom is -0.461 e. The molecule has 2 heterocycles. The maximum atomic E-state index is 11.7. The van der Waals surface area contributed by atoms with Crippen LogP contribution in [0.2, 0.25) is 0 Å². The Morgan fingerprint density at radius 2 is 2.35 bits per heavy atom. The number of hydrogen-bond acceptors (Lipinski definition) is 5. The van der Waals surface area contributed by atoms with Crippen LogP contribution in [0.3, 0.4) is 0 Å². The Morgan fingerprint density at radius 1 is 1.53 bits per heavy atom. The van der Waals surface area contributed by atoms with E-state index in [4.69, 9.17) is 20.8 Å². The van der Waals surface area contributed by atoms with Gasteiger partial charge >= 0.3 is 5.97 Å². The first kappa shape index (κ1) is 11.6. The van der Waals surface area contributed by atoms with Crippen LogP contribution in [0.4, 0.5) is 0 Å². The van der Waals surface area contributed by atoms with Crippen molar-refractivity contribution in [3.8, 4) is 5.75 Å². The fourth-order valence-corrected chi connectivity index (χ4v) is 1.38. The largest absolute Gasteiger partial charge is 0.461 e. The van der Waals surface area contributed by atoms with E-state index in [1.165, 1.54) is 18.6 Å². The van der Waals surface area contributed by atoms with Crippen molar-refractivity contribution in [1.82, 2.24) is 9.97 Å². The van der Waals surface area contributed by atoms with Gasteiger partial charge in [0.1, 0.15) is 11.5 Å². The van der Waals surface area contributed by atoms with Crippen molar-refractivity contribution >= 4 is 17.6 Å². The molecule has 0 bridgehead atoms. The number of aromatic nitrogens is 2. The van der Waals surface area contributed by atoms with Crippen molar-refractivity contribution in [2.75, 3.05) is 0 Å². The van der Waals surface area contributed by atoms with Crippen LogP contribution >= 0.6 is 11.6 Å². The second kappa shape index (κ2) is 4.97. The first-order valence-corrected chi connectivity index (χ1v) is 5.37. The van der Waals surface area contributed by atoms with E-state index in [0.29, 0.717) is 17.3 Å². The summed E-state index contributed by atoms with van der Waals surface area (Å²) < 4.78 is 10.4. The third kappa shape index (κ3) is 2.62. The highest BCUT2D eigenvalue weighted by Gasteiger charge is 2.15. The lowest BCUT2D eigenvalue weighted by Crippen LogP contribution is -2.10. The summed E-state index contributed by atoms with van der Waals surface area (Å²) in [6.45, 7) is 1.69. The number of alkyl halides is 1. The molecule has 0 N–H and O–H groups in total. The smallest absolute Gasteiger partial charge is 0.364 e. The second-order valence-corrected chi connectivity index (χ2v) is 3.51. The van der Waals surface area contributed by atoms with Crippen molar-refractivity contribution in [2.45, 2.75) is 12.8 Å². The summed E-state index contributed by atoms with van der Waals surface area (Å²) in [5, 5.41) is 0. The van der Waals surface area contributed by atoms with Crippen molar-refractivity contribution in [3.05, 3.63) is 41.9 Å². The number of rotatable bonds is 3. The van der Waals surface area contributed by atoms with E-state index in [2.05, 4.69) is 9.97 Å². The van der Waals surface area contributed by atoms with Gasteiger partial charge in [-0.05, 0) is 6.92 Å². The summed E-state index contributed by atoms with van der Waals surface area (Å²) in [5.74, 6) is 1.03. The van der Waals surface area contributed by atoms with Gasteiger partial charge in [-0.25, -0.2) is 9.78 Å². The van der Waals surface area contributed by atoms with E-state index in [1.54, 1.807) is 13.0 Å². The predicted octanol–water partition coefficient (Wildman–Crippen LogP) is 2.34. The van der Waals surface area contributed by atoms with Crippen LogP contribution in [0.25, 0.3) is 0 Å². The van der Waals surface area contributed by atoms with E-state index in [1.807, 2.05) is 0 Å². The summed E-state index contributed by atoms with van der Waals surface area (Å²) in [4.78, 5) is 19.3. The van der Waals surface area contributed by atoms with Crippen molar-refractivity contribution in [2.24, 2.45) is 0 Å². The summed E-state index contributed by atoms with van der Waals surface area (Å²) in [7, 11) is 0. The highest BCUT2D eigenvalue weighted by Crippen LogP contribution is 2.24. The molecule has 0 radical (unpaired) electrons. The van der Waals surface area contributed by atoms with Crippen LogP contribution in [-0.4, -0.2) is 15.9 Å². The Hall–Kier alpha value is -1.88. The highest BCUT2D eigenvalue weighted by molar-refractivity contribution is 6.16. The molecule has 2 rings (SSSR count). The van der Waals surface area contributed by atoms with Gasteiger partial charge in [0.25, 0.3) is 0 Å². The number of hydrogen-bond donors (Lipinski definition) is 0. The lowest BCUT2D eigenvalue weighted by Gasteiger charge is -2.00. The molecular weight excluding hydrogens is 244 g/mol. The number of carbonyl (C=O) groups is 1. The molecule has 6 heteroatoms. The number of carbonyl (C=O) groups excluding carboxylic acids is 1. The van der Waals surface area contributed by atoms with Crippen LogP contribution in [0.1, 0.15) is 22.0 Å². The number of furan rings is 1. The molecule has 0 aliphatic carbocycles. The highest BCUT2D eigenvalue weighted by atomic mass is 35.5.